The van der Waals surface area contributed by atoms with E-state index in [2.05, 4.69) is 0 Å². The predicted octanol–water partition coefficient (Wildman–Crippen LogP) is 1.57. The molecule has 0 amide bonds. The van der Waals surface area contributed by atoms with E-state index in [1.54, 1.807) is 12.1 Å². The van der Waals surface area contributed by atoms with Crippen LogP contribution in [0.5, 0.6) is 5.75 Å². The molecule has 0 aliphatic carbocycles. The molecule has 1 aliphatic heterocycles. The van der Waals surface area contributed by atoms with Crippen LogP contribution < -0.4 is 4.74 Å². The van der Waals surface area contributed by atoms with E-state index in [0.717, 1.165) is 4.31 Å². The largest absolute Gasteiger partial charge is 0.491 e. The van der Waals surface area contributed by atoms with Gasteiger partial charge in [-0.05, 0) is 44.5 Å². The number of hydrogen-bond acceptors (Lipinski definition) is 4. The van der Waals surface area contributed by atoms with E-state index in [4.69, 9.17) is 4.74 Å². The Labute approximate surface area is 124 Å². The van der Waals surface area contributed by atoms with Crippen molar-refractivity contribution in [2.45, 2.75) is 43.5 Å². The molecular weight excluding hydrogens is 297 g/mol. The molecule has 7 heteroatoms. The summed E-state index contributed by atoms with van der Waals surface area (Å²) < 4.78 is 44.9. The van der Waals surface area contributed by atoms with Crippen LogP contribution in [0.1, 0.15) is 20.3 Å². The maximum atomic E-state index is 13.4. The number of sulfonamides is 1. The summed E-state index contributed by atoms with van der Waals surface area (Å²) >= 11 is 0. The number of nitrogens with zero attached hydrogens (tertiary/aromatic N) is 1. The lowest BCUT2D eigenvalue weighted by molar-refractivity contribution is 0.213. The normalized spacial score (nSPS) is 23.7. The van der Waals surface area contributed by atoms with E-state index in [1.807, 2.05) is 13.8 Å². The monoisotopic (exact) mass is 317 g/mol. The molecule has 1 saturated heterocycles. The lowest BCUT2D eigenvalue weighted by atomic mass is 10.2. The van der Waals surface area contributed by atoms with Gasteiger partial charge in [-0.3, -0.25) is 0 Å². The van der Waals surface area contributed by atoms with Gasteiger partial charge < -0.3 is 9.84 Å². The van der Waals surface area contributed by atoms with Gasteiger partial charge in [0.2, 0.25) is 10.0 Å². The molecule has 1 aliphatic rings. The minimum absolute atomic E-state index is 0.00268. The summed E-state index contributed by atoms with van der Waals surface area (Å²) in [6.07, 6.45) is -1.21. The lowest BCUT2D eigenvalue weighted by Crippen LogP contribution is -2.37. The molecule has 0 spiro atoms. The van der Waals surface area contributed by atoms with Crippen LogP contribution in [0.25, 0.3) is 0 Å². The summed E-state index contributed by atoms with van der Waals surface area (Å²) in [5, 5.41) is 9.21. The number of aliphatic hydroxyl groups is 1. The van der Waals surface area contributed by atoms with Gasteiger partial charge in [-0.2, -0.15) is 4.31 Å². The van der Waals surface area contributed by atoms with Crippen LogP contribution in [0, 0.1) is 0 Å². The SMILES string of the molecule is CC(C)Oc1ccc(S(=O)(=O)N2C[C@@H](F)C[C@H]2CO)cc1. The zero-order chi connectivity index (χ0) is 15.6. The molecule has 2 atom stereocenters. The number of aliphatic hydroxyl groups excluding tert-OH is 1. The Balaban J connectivity index is 2.23. The average molecular weight is 317 g/mol. The van der Waals surface area contributed by atoms with E-state index in [1.165, 1.54) is 12.1 Å². The van der Waals surface area contributed by atoms with E-state index >= 15 is 0 Å². The zero-order valence-corrected chi connectivity index (χ0v) is 12.9. The molecular formula is C14H20FNO4S. The molecule has 0 bridgehead atoms. The van der Waals surface area contributed by atoms with Crippen molar-refractivity contribution in [2.24, 2.45) is 0 Å². The molecule has 2 rings (SSSR count). The van der Waals surface area contributed by atoms with Gasteiger partial charge in [0.25, 0.3) is 0 Å². The molecule has 1 heterocycles. The zero-order valence-electron chi connectivity index (χ0n) is 12.1. The third-order valence-electron chi connectivity index (χ3n) is 3.33. The lowest BCUT2D eigenvalue weighted by Gasteiger charge is -2.22. The van der Waals surface area contributed by atoms with Crippen molar-refractivity contribution in [3.8, 4) is 5.75 Å². The van der Waals surface area contributed by atoms with E-state index in [0.29, 0.717) is 5.75 Å². The van der Waals surface area contributed by atoms with Crippen LogP contribution in [0.3, 0.4) is 0 Å². The van der Waals surface area contributed by atoms with Gasteiger partial charge in [0.05, 0.1) is 23.6 Å². The number of rotatable bonds is 5. The summed E-state index contributed by atoms with van der Waals surface area (Å²) in [4.78, 5) is 0.0751. The molecule has 1 aromatic rings. The first-order chi connectivity index (χ1) is 9.84. The van der Waals surface area contributed by atoms with Gasteiger partial charge >= 0.3 is 0 Å². The second kappa shape index (κ2) is 6.29. The fourth-order valence-electron chi connectivity index (χ4n) is 2.39. The summed E-state index contributed by atoms with van der Waals surface area (Å²) in [6, 6.07) is 5.32. The van der Waals surface area contributed by atoms with Crippen molar-refractivity contribution >= 4 is 10.0 Å². The molecule has 1 N–H and O–H groups in total. The molecule has 0 saturated carbocycles. The minimum Gasteiger partial charge on any atom is -0.491 e. The van der Waals surface area contributed by atoms with Crippen LogP contribution in [-0.2, 0) is 10.0 Å². The van der Waals surface area contributed by atoms with E-state index in [9.17, 15) is 17.9 Å². The van der Waals surface area contributed by atoms with Crippen LogP contribution in [-0.4, -0.2) is 49.3 Å². The standard InChI is InChI=1S/C14H20FNO4S/c1-10(2)20-13-3-5-14(6-4-13)21(18,19)16-8-11(15)7-12(16)9-17/h3-6,10-12,17H,7-9H2,1-2H3/t11-,12-/m0/s1. The number of halogens is 1. The Bertz CT molecular complexity index is 573. The molecule has 1 fully saturated rings. The van der Waals surface area contributed by atoms with Gasteiger partial charge in [-0.1, -0.05) is 0 Å². The summed E-state index contributed by atoms with van der Waals surface area (Å²) in [5.41, 5.74) is 0. The van der Waals surface area contributed by atoms with Crippen molar-refractivity contribution in [3.63, 3.8) is 0 Å². The van der Waals surface area contributed by atoms with Crippen LogP contribution in [0.4, 0.5) is 4.39 Å². The summed E-state index contributed by atoms with van der Waals surface area (Å²) in [7, 11) is -3.80. The summed E-state index contributed by atoms with van der Waals surface area (Å²) in [6.45, 7) is 3.16. The van der Waals surface area contributed by atoms with Gasteiger partial charge in [-0.15, -0.1) is 0 Å². The molecule has 1 aromatic carbocycles. The Morgan fingerprint density at radius 3 is 2.52 bits per heavy atom. The number of alkyl halides is 1. The topological polar surface area (TPSA) is 66.8 Å². The Kier molecular flexibility index (Phi) is 4.85. The van der Waals surface area contributed by atoms with Gasteiger partial charge in [0, 0.05) is 6.54 Å². The first kappa shape index (κ1) is 16.2. The van der Waals surface area contributed by atoms with Gasteiger partial charge in [0.15, 0.2) is 0 Å². The van der Waals surface area contributed by atoms with Crippen molar-refractivity contribution in [1.82, 2.24) is 4.31 Å². The number of hydrogen-bond donors (Lipinski definition) is 1. The highest BCUT2D eigenvalue weighted by molar-refractivity contribution is 7.89. The van der Waals surface area contributed by atoms with Crippen LogP contribution in [0.2, 0.25) is 0 Å². The van der Waals surface area contributed by atoms with E-state index in [-0.39, 0.29) is 30.6 Å². The Morgan fingerprint density at radius 1 is 1.38 bits per heavy atom. The molecule has 5 nitrogen and oxygen atoms in total. The maximum Gasteiger partial charge on any atom is 0.243 e. The Hall–Kier alpha value is -1.18. The molecule has 0 radical (unpaired) electrons. The average Bonchev–Trinajstić information content (AvgIpc) is 2.80. The van der Waals surface area contributed by atoms with Crippen molar-refractivity contribution in [2.75, 3.05) is 13.2 Å². The first-order valence-electron chi connectivity index (χ1n) is 6.88. The van der Waals surface area contributed by atoms with Gasteiger partial charge in [0.1, 0.15) is 11.9 Å². The van der Waals surface area contributed by atoms with E-state index < -0.39 is 22.2 Å². The smallest absolute Gasteiger partial charge is 0.243 e. The van der Waals surface area contributed by atoms with Gasteiger partial charge in [-0.25, -0.2) is 12.8 Å². The van der Waals surface area contributed by atoms with Crippen LogP contribution in [0.15, 0.2) is 29.2 Å². The second-order valence-electron chi connectivity index (χ2n) is 5.38. The van der Waals surface area contributed by atoms with Crippen LogP contribution >= 0.6 is 0 Å². The third kappa shape index (κ3) is 3.53. The van der Waals surface area contributed by atoms with Crippen molar-refractivity contribution in [3.05, 3.63) is 24.3 Å². The maximum absolute atomic E-state index is 13.4. The number of benzene rings is 1. The highest BCUT2D eigenvalue weighted by Gasteiger charge is 2.40. The second-order valence-corrected chi connectivity index (χ2v) is 7.27. The van der Waals surface area contributed by atoms with Crippen molar-refractivity contribution in [1.29, 1.82) is 0 Å². The fraction of sp³-hybridized carbons (Fsp3) is 0.571. The molecule has 21 heavy (non-hydrogen) atoms. The number of ether oxygens (including phenoxy) is 1. The molecule has 0 aromatic heterocycles. The summed E-state index contributed by atoms with van der Waals surface area (Å²) in [5.74, 6) is 0.576. The molecule has 0 unspecified atom stereocenters. The third-order valence-corrected chi connectivity index (χ3v) is 5.26. The quantitative estimate of drug-likeness (QED) is 0.895. The fourth-order valence-corrected chi connectivity index (χ4v) is 4.04. The highest BCUT2D eigenvalue weighted by Crippen LogP contribution is 2.28. The van der Waals surface area contributed by atoms with Crippen molar-refractivity contribution < 1.29 is 22.7 Å². The predicted molar refractivity (Wildman–Crippen MR) is 76.5 cm³/mol. The highest BCUT2D eigenvalue weighted by atomic mass is 32.2. The first-order valence-corrected chi connectivity index (χ1v) is 8.32. The minimum atomic E-state index is -3.80. The Morgan fingerprint density at radius 2 is 2.00 bits per heavy atom. The molecule has 118 valence electrons.